The van der Waals surface area contributed by atoms with E-state index in [1.165, 1.54) is 12.1 Å². The van der Waals surface area contributed by atoms with Crippen LogP contribution in [0.25, 0.3) is 0 Å². The summed E-state index contributed by atoms with van der Waals surface area (Å²) in [6.45, 7) is 5.66. The van der Waals surface area contributed by atoms with E-state index in [-0.39, 0.29) is 11.1 Å². The predicted molar refractivity (Wildman–Crippen MR) is 76.5 cm³/mol. The lowest BCUT2D eigenvalue weighted by atomic mass is 10.1. The second-order valence-corrected chi connectivity index (χ2v) is 5.22. The molecule has 1 unspecified atom stereocenters. The molecule has 2 aromatic rings. The quantitative estimate of drug-likeness (QED) is 0.811. The number of hydrogen-bond acceptors (Lipinski definition) is 2. The molecular weight excluding hydrogens is 288 g/mol. The molecule has 3 nitrogen and oxygen atoms in total. The fourth-order valence-corrected chi connectivity index (χ4v) is 2.69. The smallest absolute Gasteiger partial charge is 0.142 e. The normalized spacial score (nSPS) is 12.5. The standard InChI is InChI=1S/C13H14Cl2FN3/c1-6(17-13-7(2)18-19-8(13)3)11-9(14)4-5-10(16)12(11)15/h4-6,17H,1-3H3,(H,18,19). The fraction of sp³-hybridized carbons (Fsp3) is 0.308. The summed E-state index contributed by atoms with van der Waals surface area (Å²) < 4.78 is 13.5. The highest BCUT2D eigenvalue weighted by Crippen LogP contribution is 2.34. The van der Waals surface area contributed by atoms with Crippen LogP contribution in [-0.2, 0) is 0 Å². The number of hydrogen-bond donors (Lipinski definition) is 2. The Morgan fingerprint density at radius 1 is 1.32 bits per heavy atom. The third-order valence-electron chi connectivity index (χ3n) is 3.00. The van der Waals surface area contributed by atoms with E-state index in [0.29, 0.717) is 10.6 Å². The number of H-pyrrole nitrogens is 1. The summed E-state index contributed by atoms with van der Waals surface area (Å²) in [5.74, 6) is -0.477. The van der Waals surface area contributed by atoms with Gasteiger partial charge in [0.1, 0.15) is 5.82 Å². The molecule has 1 heterocycles. The Balaban J connectivity index is 2.36. The van der Waals surface area contributed by atoms with Gasteiger partial charge in [0.15, 0.2) is 0 Å². The molecular formula is C13H14Cl2FN3. The van der Waals surface area contributed by atoms with Crippen LogP contribution in [0.1, 0.15) is 29.9 Å². The summed E-state index contributed by atoms with van der Waals surface area (Å²) in [4.78, 5) is 0. The van der Waals surface area contributed by atoms with Gasteiger partial charge in [-0.1, -0.05) is 23.2 Å². The number of benzene rings is 1. The van der Waals surface area contributed by atoms with Crippen LogP contribution in [0.3, 0.4) is 0 Å². The number of nitrogens with zero attached hydrogens (tertiary/aromatic N) is 1. The van der Waals surface area contributed by atoms with Gasteiger partial charge < -0.3 is 5.32 Å². The van der Waals surface area contributed by atoms with Gasteiger partial charge >= 0.3 is 0 Å². The number of halogens is 3. The van der Waals surface area contributed by atoms with Gasteiger partial charge in [-0.2, -0.15) is 5.10 Å². The summed E-state index contributed by atoms with van der Waals surface area (Å²) in [5, 5.41) is 10.7. The minimum atomic E-state index is -0.477. The summed E-state index contributed by atoms with van der Waals surface area (Å²) in [7, 11) is 0. The zero-order valence-electron chi connectivity index (χ0n) is 10.8. The molecule has 0 aliphatic heterocycles. The molecule has 1 atom stereocenters. The number of aromatic amines is 1. The lowest BCUT2D eigenvalue weighted by Gasteiger charge is -2.18. The molecule has 6 heteroatoms. The van der Waals surface area contributed by atoms with Crippen molar-refractivity contribution in [3.05, 3.63) is 44.9 Å². The van der Waals surface area contributed by atoms with Gasteiger partial charge in [0.05, 0.1) is 28.1 Å². The molecule has 19 heavy (non-hydrogen) atoms. The van der Waals surface area contributed by atoms with E-state index in [2.05, 4.69) is 15.5 Å². The Kier molecular flexibility index (Phi) is 4.02. The zero-order chi connectivity index (χ0) is 14.2. The van der Waals surface area contributed by atoms with Gasteiger partial charge in [-0.15, -0.1) is 0 Å². The van der Waals surface area contributed by atoms with Gasteiger partial charge in [-0.25, -0.2) is 4.39 Å². The van der Waals surface area contributed by atoms with Crippen LogP contribution >= 0.6 is 23.2 Å². The molecule has 0 fully saturated rings. The molecule has 2 rings (SSSR count). The maximum absolute atomic E-state index is 13.5. The van der Waals surface area contributed by atoms with E-state index in [1.807, 2.05) is 20.8 Å². The average molecular weight is 302 g/mol. The highest BCUT2D eigenvalue weighted by atomic mass is 35.5. The Morgan fingerprint density at radius 3 is 2.58 bits per heavy atom. The van der Waals surface area contributed by atoms with E-state index < -0.39 is 5.82 Å². The molecule has 0 radical (unpaired) electrons. The molecule has 0 amide bonds. The van der Waals surface area contributed by atoms with Crippen molar-refractivity contribution in [1.82, 2.24) is 10.2 Å². The maximum atomic E-state index is 13.5. The van der Waals surface area contributed by atoms with Crippen molar-refractivity contribution < 1.29 is 4.39 Å². The molecule has 0 saturated carbocycles. The number of aromatic nitrogens is 2. The van der Waals surface area contributed by atoms with E-state index in [1.54, 1.807) is 0 Å². The third kappa shape index (κ3) is 2.69. The molecule has 102 valence electrons. The Morgan fingerprint density at radius 2 is 2.00 bits per heavy atom. The summed E-state index contributed by atoms with van der Waals surface area (Å²) in [6, 6.07) is 2.53. The van der Waals surface area contributed by atoms with Gasteiger partial charge in [0.2, 0.25) is 0 Å². The van der Waals surface area contributed by atoms with E-state index in [4.69, 9.17) is 23.2 Å². The van der Waals surface area contributed by atoms with Crippen LogP contribution in [-0.4, -0.2) is 10.2 Å². The molecule has 0 saturated heterocycles. The summed E-state index contributed by atoms with van der Waals surface area (Å²) in [6.07, 6.45) is 0. The van der Waals surface area contributed by atoms with Crippen LogP contribution < -0.4 is 5.32 Å². The molecule has 1 aromatic heterocycles. The van der Waals surface area contributed by atoms with Gasteiger partial charge in [0, 0.05) is 10.6 Å². The monoisotopic (exact) mass is 301 g/mol. The van der Waals surface area contributed by atoms with E-state index in [0.717, 1.165) is 17.1 Å². The van der Waals surface area contributed by atoms with Crippen LogP contribution in [0.15, 0.2) is 12.1 Å². The Hall–Kier alpha value is -1.26. The Bertz CT molecular complexity index is 591. The lowest BCUT2D eigenvalue weighted by molar-refractivity contribution is 0.624. The average Bonchev–Trinajstić information content (AvgIpc) is 2.66. The van der Waals surface area contributed by atoms with E-state index >= 15 is 0 Å². The molecule has 2 N–H and O–H groups in total. The number of aryl methyl sites for hydroxylation is 2. The highest BCUT2D eigenvalue weighted by molar-refractivity contribution is 6.36. The molecule has 1 aromatic carbocycles. The summed E-state index contributed by atoms with van der Waals surface area (Å²) in [5.41, 5.74) is 3.17. The molecule has 0 spiro atoms. The van der Waals surface area contributed by atoms with Crippen molar-refractivity contribution in [2.75, 3.05) is 5.32 Å². The maximum Gasteiger partial charge on any atom is 0.142 e. The summed E-state index contributed by atoms with van der Waals surface area (Å²) >= 11 is 12.1. The predicted octanol–water partition coefficient (Wildman–Crippen LogP) is 4.65. The zero-order valence-corrected chi connectivity index (χ0v) is 12.3. The SMILES string of the molecule is Cc1n[nH]c(C)c1NC(C)c1c(Cl)ccc(F)c1Cl. The first-order valence-corrected chi connectivity index (χ1v) is 6.59. The van der Waals surface area contributed by atoms with Crippen molar-refractivity contribution in [1.29, 1.82) is 0 Å². The Labute approximate surface area is 121 Å². The largest absolute Gasteiger partial charge is 0.375 e. The van der Waals surface area contributed by atoms with Crippen molar-refractivity contribution in [2.24, 2.45) is 0 Å². The first-order valence-electron chi connectivity index (χ1n) is 5.83. The van der Waals surface area contributed by atoms with Crippen LogP contribution in [0.5, 0.6) is 0 Å². The molecule has 0 aliphatic carbocycles. The van der Waals surface area contributed by atoms with Crippen molar-refractivity contribution in [3.63, 3.8) is 0 Å². The van der Waals surface area contributed by atoms with Crippen LogP contribution in [0.2, 0.25) is 10.0 Å². The fourth-order valence-electron chi connectivity index (χ4n) is 1.99. The van der Waals surface area contributed by atoms with Crippen molar-refractivity contribution in [2.45, 2.75) is 26.8 Å². The number of nitrogens with one attached hydrogen (secondary N) is 2. The van der Waals surface area contributed by atoms with E-state index in [9.17, 15) is 4.39 Å². The van der Waals surface area contributed by atoms with Crippen molar-refractivity contribution >= 4 is 28.9 Å². The highest BCUT2D eigenvalue weighted by Gasteiger charge is 2.18. The van der Waals surface area contributed by atoms with Crippen LogP contribution in [0.4, 0.5) is 10.1 Å². The number of rotatable bonds is 3. The van der Waals surface area contributed by atoms with Gasteiger partial charge in [-0.05, 0) is 32.9 Å². The first-order chi connectivity index (χ1) is 8.91. The second kappa shape index (κ2) is 5.39. The van der Waals surface area contributed by atoms with Gasteiger partial charge in [0.25, 0.3) is 0 Å². The first kappa shape index (κ1) is 14.2. The lowest BCUT2D eigenvalue weighted by Crippen LogP contribution is -2.09. The van der Waals surface area contributed by atoms with Crippen LogP contribution in [0, 0.1) is 19.7 Å². The molecule has 0 bridgehead atoms. The third-order valence-corrected chi connectivity index (χ3v) is 3.72. The topological polar surface area (TPSA) is 40.7 Å². The molecule has 0 aliphatic rings. The number of anilines is 1. The van der Waals surface area contributed by atoms with Crippen molar-refractivity contribution in [3.8, 4) is 0 Å². The second-order valence-electron chi connectivity index (χ2n) is 4.43. The minimum absolute atomic E-state index is 0.0475. The minimum Gasteiger partial charge on any atom is -0.375 e. The van der Waals surface area contributed by atoms with Gasteiger partial charge in [-0.3, -0.25) is 5.10 Å².